The fourth-order valence-corrected chi connectivity index (χ4v) is 3.84. The van der Waals surface area contributed by atoms with Crippen molar-refractivity contribution >= 4 is 50.8 Å². The van der Waals surface area contributed by atoms with Crippen molar-refractivity contribution in [3.63, 3.8) is 0 Å². The molecule has 3 rings (SSSR count). The van der Waals surface area contributed by atoms with E-state index in [9.17, 15) is 4.79 Å². The van der Waals surface area contributed by atoms with Crippen LogP contribution in [-0.2, 0) is 16.1 Å². The summed E-state index contributed by atoms with van der Waals surface area (Å²) in [6.07, 6.45) is 0. The Hall–Kier alpha value is -1.89. The maximum absolute atomic E-state index is 12.6. The molecule has 7 heteroatoms. The molecule has 0 saturated heterocycles. The molecule has 1 unspecified atom stereocenters. The van der Waals surface area contributed by atoms with Crippen LogP contribution >= 0.6 is 39.7 Å². The van der Waals surface area contributed by atoms with Gasteiger partial charge in [0.15, 0.2) is 5.11 Å². The van der Waals surface area contributed by atoms with Crippen molar-refractivity contribution in [2.45, 2.75) is 19.5 Å². The van der Waals surface area contributed by atoms with Crippen LogP contribution in [-0.4, -0.2) is 23.1 Å². The van der Waals surface area contributed by atoms with Crippen LogP contribution in [0.1, 0.15) is 24.1 Å². The molecule has 0 bridgehead atoms. The van der Waals surface area contributed by atoms with Crippen LogP contribution < -0.4 is 5.32 Å². The number of carbonyl (C=O) groups excluding carboxylic acids is 1. The van der Waals surface area contributed by atoms with Gasteiger partial charge in [0, 0.05) is 21.7 Å². The van der Waals surface area contributed by atoms with E-state index >= 15 is 0 Å². The zero-order valence-corrected chi connectivity index (χ0v) is 18.0. The van der Waals surface area contributed by atoms with Gasteiger partial charge in [-0.3, -0.25) is 0 Å². The number of halogens is 2. The molecule has 1 aliphatic rings. The quantitative estimate of drug-likeness (QED) is 0.509. The van der Waals surface area contributed by atoms with Crippen LogP contribution in [0.4, 0.5) is 0 Å². The molecule has 1 heterocycles. The van der Waals surface area contributed by atoms with Gasteiger partial charge in [-0.1, -0.05) is 51.8 Å². The maximum atomic E-state index is 12.6. The summed E-state index contributed by atoms with van der Waals surface area (Å²) in [6, 6.07) is 14.9. The Balaban J connectivity index is 2.02. The molecule has 1 aliphatic heterocycles. The third-order valence-corrected chi connectivity index (χ3v) is 5.54. The summed E-state index contributed by atoms with van der Waals surface area (Å²) in [4.78, 5) is 14.5. The Bertz CT molecular complexity index is 914. The lowest BCUT2D eigenvalue weighted by Gasteiger charge is -2.37. The van der Waals surface area contributed by atoms with Gasteiger partial charge in [0.1, 0.15) is 0 Å². The third-order valence-electron chi connectivity index (χ3n) is 4.44. The Labute approximate surface area is 177 Å². The highest BCUT2D eigenvalue weighted by molar-refractivity contribution is 9.10. The first kappa shape index (κ1) is 19.9. The minimum absolute atomic E-state index is 0.395. The smallest absolute Gasteiger partial charge is 0.337 e. The van der Waals surface area contributed by atoms with Gasteiger partial charge in [-0.15, -0.1) is 0 Å². The standard InChI is InChI=1S/C20H18BrClN2O2S/c1-12-17(19(25)26-2)18(14-4-3-5-16(22)10-14)23-20(27)24(12)11-13-6-8-15(21)9-7-13/h3-10,18H,11H2,1-2H3,(H,23,27). The van der Waals surface area contributed by atoms with E-state index < -0.39 is 12.0 Å². The highest BCUT2D eigenvalue weighted by Gasteiger charge is 2.34. The number of carbonyl (C=O) groups is 1. The van der Waals surface area contributed by atoms with Gasteiger partial charge in [-0.2, -0.15) is 0 Å². The van der Waals surface area contributed by atoms with Gasteiger partial charge in [0.2, 0.25) is 0 Å². The minimum atomic E-state index is -0.412. The number of esters is 1. The lowest BCUT2D eigenvalue weighted by Crippen LogP contribution is -2.47. The number of benzene rings is 2. The van der Waals surface area contributed by atoms with Crippen LogP contribution in [0.15, 0.2) is 64.3 Å². The van der Waals surface area contributed by atoms with E-state index in [1.165, 1.54) is 7.11 Å². The molecule has 2 aromatic rings. The Morgan fingerprint density at radius 1 is 1.30 bits per heavy atom. The van der Waals surface area contributed by atoms with Crippen molar-refractivity contribution in [3.05, 3.63) is 80.4 Å². The van der Waals surface area contributed by atoms with Gasteiger partial charge >= 0.3 is 5.97 Å². The molecule has 0 amide bonds. The normalized spacial score (nSPS) is 17.0. The number of nitrogens with one attached hydrogen (secondary N) is 1. The van der Waals surface area contributed by atoms with E-state index in [1.807, 2.05) is 54.3 Å². The minimum Gasteiger partial charge on any atom is -0.466 e. The lowest BCUT2D eigenvalue weighted by molar-refractivity contribution is -0.136. The van der Waals surface area contributed by atoms with Gasteiger partial charge in [-0.25, -0.2) is 4.79 Å². The highest BCUT2D eigenvalue weighted by Crippen LogP contribution is 2.33. The van der Waals surface area contributed by atoms with Crippen molar-refractivity contribution in [1.29, 1.82) is 0 Å². The van der Waals surface area contributed by atoms with Crippen molar-refractivity contribution < 1.29 is 9.53 Å². The number of hydrogen-bond donors (Lipinski definition) is 1. The second-order valence-electron chi connectivity index (χ2n) is 6.14. The number of hydrogen-bond acceptors (Lipinski definition) is 3. The van der Waals surface area contributed by atoms with Crippen LogP contribution in [0.2, 0.25) is 5.02 Å². The molecule has 1 N–H and O–H groups in total. The summed E-state index contributed by atoms with van der Waals surface area (Å²) >= 11 is 15.2. The lowest BCUT2D eigenvalue weighted by atomic mass is 9.95. The van der Waals surface area contributed by atoms with Gasteiger partial charge in [0.05, 0.1) is 18.7 Å². The monoisotopic (exact) mass is 464 g/mol. The number of allylic oxidation sites excluding steroid dienone is 1. The number of rotatable bonds is 4. The number of thiocarbonyl (C=S) groups is 1. The largest absolute Gasteiger partial charge is 0.466 e. The molecular formula is C20H18BrClN2O2S. The van der Waals surface area contributed by atoms with E-state index in [4.69, 9.17) is 28.6 Å². The fourth-order valence-electron chi connectivity index (χ4n) is 3.05. The van der Waals surface area contributed by atoms with E-state index in [1.54, 1.807) is 6.07 Å². The van der Waals surface area contributed by atoms with Gasteiger partial charge < -0.3 is 15.0 Å². The molecule has 4 nitrogen and oxygen atoms in total. The Kier molecular flexibility index (Phi) is 6.19. The zero-order valence-electron chi connectivity index (χ0n) is 14.8. The molecular weight excluding hydrogens is 448 g/mol. The third kappa shape index (κ3) is 4.34. The van der Waals surface area contributed by atoms with Crippen LogP contribution in [0.25, 0.3) is 0 Å². The molecule has 0 saturated carbocycles. The molecule has 0 radical (unpaired) electrons. The number of ether oxygens (including phenoxy) is 1. The number of methoxy groups -OCH3 is 1. The average molecular weight is 466 g/mol. The molecule has 0 fully saturated rings. The molecule has 0 aromatic heterocycles. The summed E-state index contributed by atoms with van der Waals surface area (Å²) in [5.41, 5.74) is 3.21. The zero-order chi connectivity index (χ0) is 19.6. The van der Waals surface area contributed by atoms with E-state index in [0.717, 1.165) is 21.3 Å². The molecule has 0 spiro atoms. The summed E-state index contributed by atoms with van der Waals surface area (Å²) in [5.74, 6) is -0.395. The van der Waals surface area contributed by atoms with Gasteiger partial charge in [0.25, 0.3) is 0 Å². The van der Waals surface area contributed by atoms with E-state index in [0.29, 0.717) is 22.3 Å². The molecule has 1 atom stereocenters. The molecule has 140 valence electrons. The summed E-state index contributed by atoms with van der Waals surface area (Å²) < 4.78 is 6.05. The predicted octanol–water partition coefficient (Wildman–Crippen LogP) is 4.98. The van der Waals surface area contributed by atoms with Crippen molar-refractivity contribution in [2.24, 2.45) is 0 Å². The first-order valence-electron chi connectivity index (χ1n) is 8.27. The summed E-state index contributed by atoms with van der Waals surface area (Å²) in [5, 5.41) is 4.41. The Morgan fingerprint density at radius 3 is 2.63 bits per heavy atom. The Morgan fingerprint density at radius 2 is 2.00 bits per heavy atom. The van der Waals surface area contributed by atoms with Crippen LogP contribution in [0, 0.1) is 0 Å². The van der Waals surface area contributed by atoms with Crippen molar-refractivity contribution in [1.82, 2.24) is 10.2 Å². The molecule has 0 aliphatic carbocycles. The second-order valence-corrected chi connectivity index (χ2v) is 7.88. The van der Waals surface area contributed by atoms with Crippen LogP contribution in [0.3, 0.4) is 0 Å². The highest BCUT2D eigenvalue weighted by atomic mass is 79.9. The second kappa shape index (κ2) is 8.42. The molecule has 27 heavy (non-hydrogen) atoms. The predicted molar refractivity (Wildman–Crippen MR) is 114 cm³/mol. The van der Waals surface area contributed by atoms with Crippen molar-refractivity contribution in [3.8, 4) is 0 Å². The van der Waals surface area contributed by atoms with Crippen molar-refractivity contribution in [2.75, 3.05) is 7.11 Å². The summed E-state index contributed by atoms with van der Waals surface area (Å²) in [7, 11) is 1.38. The maximum Gasteiger partial charge on any atom is 0.337 e. The van der Waals surface area contributed by atoms with E-state index in [-0.39, 0.29) is 0 Å². The van der Waals surface area contributed by atoms with E-state index in [2.05, 4.69) is 21.2 Å². The molecule has 2 aromatic carbocycles. The average Bonchev–Trinajstić information content (AvgIpc) is 2.65. The first-order chi connectivity index (χ1) is 12.9. The van der Waals surface area contributed by atoms with Gasteiger partial charge in [-0.05, 0) is 54.5 Å². The SMILES string of the molecule is COC(=O)C1=C(C)N(Cc2ccc(Br)cc2)C(=S)NC1c1cccc(Cl)c1. The van der Waals surface area contributed by atoms with Crippen LogP contribution in [0.5, 0.6) is 0 Å². The topological polar surface area (TPSA) is 41.6 Å². The fraction of sp³-hybridized carbons (Fsp3) is 0.200. The first-order valence-corrected chi connectivity index (χ1v) is 9.85. The summed E-state index contributed by atoms with van der Waals surface area (Å²) in [6.45, 7) is 2.43. The number of nitrogens with zero attached hydrogens (tertiary/aromatic N) is 1.